The number of allylic oxidation sites excluding steroid dienone is 2. The van der Waals surface area contributed by atoms with E-state index in [0.717, 1.165) is 32.1 Å². The third-order valence-corrected chi connectivity index (χ3v) is 12.2. The van der Waals surface area contributed by atoms with Crippen molar-refractivity contribution in [3.63, 3.8) is 0 Å². The first-order valence-corrected chi connectivity index (χ1v) is 20.8. The van der Waals surface area contributed by atoms with Crippen molar-refractivity contribution in [2.45, 2.75) is 105 Å². The maximum absolute atomic E-state index is 14.4. The van der Waals surface area contributed by atoms with Crippen molar-refractivity contribution in [1.82, 2.24) is 4.90 Å². The molecular formula is C45H61N3O13. The van der Waals surface area contributed by atoms with Crippen LogP contribution in [0.2, 0.25) is 0 Å². The molecule has 4 aliphatic heterocycles. The lowest BCUT2D eigenvalue weighted by Crippen LogP contribution is -2.46. The van der Waals surface area contributed by atoms with Gasteiger partial charge in [-0.15, -0.1) is 0 Å². The number of aromatic hydroxyl groups is 3. The summed E-state index contributed by atoms with van der Waals surface area (Å²) in [6, 6.07) is 0. The van der Waals surface area contributed by atoms with E-state index in [0.29, 0.717) is 6.54 Å². The number of nitrogens with zero attached hydrogens (tertiary/aromatic N) is 2. The number of carbonyl (C=O) groups excluding carboxylic acids is 3. The number of benzene rings is 2. The van der Waals surface area contributed by atoms with Crippen LogP contribution in [-0.2, 0) is 28.6 Å². The van der Waals surface area contributed by atoms with E-state index in [9.17, 15) is 39.9 Å². The summed E-state index contributed by atoms with van der Waals surface area (Å²) in [7, 11) is 1.43. The molecule has 0 aromatic heterocycles. The fourth-order valence-corrected chi connectivity index (χ4v) is 8.37. The zero-order valence-corrected chi connectivity index (χ0v) is 36.4. The monoisotopic (exact) mass is 851 g/mol. The molecule has 5 bridgehead atoms. The van der Waals surface area contributed by atoms with Crippen LogP contribution in [0, 0.1) is 30.6 Å². The molecule has 1 fully saturated rings. The lowest BCUT2D eigenvalue weighted by molar-refractivity contribution is -0.160. The fourth-order valence-electron chi connectivity index (χ4n) is 8.37. The number of nitrogens with one attached hydrogen (secondary N) is 1. The molecule has 9 unspecified atom stereocenters. The van der Waals surface area contributed by atoms with Gasteiger partial charge in [0, 0.05) is 67.7 Å². The first kappa shape index (κ1) is 46.9. The summed E-state index contributed by atoms with van der Waals surface area (Å²) < 4.78 is 23.6. The molecule has 1 amide bonds. The average molecular weight is 852 g/mol. The van der Waals surface area contributed by atoms with Crippen LogP contribution in [0.5, 0.6) is 23.0 Å². The van der Waals surface area contributed by atoms with Crippen molar-refractivity contribution >= 4 is 40.3 Å². The summed E-state index contributed by atoms with van der Waals surface area (Å²) in [5.41, 5.74) is -0.555. The second-order valence-corrected chi connectivity index (χ2v) is 16.6. The number of phenols is 3. The molecular weight excluding hydrogens is 791 g/mol. The van der Waals surface area contributed by atoms with Gasteiger partial charge >= 0.3 is 11.8 Å². The number of Topliss-reactive ketones (excluding diaryl/α,β-unsaturated/α-hetero) is 1. The number of hydrogen-bond donors (Lipinski definition) is 6. The predicted octanol–water partition coefficient (Wildman–Crippen LogP) is 5.59. The largest absolute Gasteiger partial charge is 0.507 e. The Labute approximate surface area is 356 Å². The van der Waals surface area contributed by atoms with E-state index >= 15 is 0 Å². The number of rotatable bonds is 7. The number of aliphatic hydroxyl groups is 2. The number of ether oxygens (including phenoxy) is 4. The van der Waals surface area contributed by atoms with Crippen LogP contribution in [-0.4, -0.2) is 118 Å². The number of aliphatic hydroxyl groups excluding tert-OH is 2. The molecule has 2 aromatic rings. The third kappa shape index (κ3) is 9.82. The Morgan fingerprint density at radius 2 is 1.66 bits per heavy atom. The molecule has 9 atom stereocenters. The maximum Gasteiger partial charge on any atom is 0.312 e. The van der Waals surface area contributed by atoms with Crippen LogP contribution >= 0.6 is 0 Å². The van der Waals surface area contributed by atoms with Gasteiger partial charge in [0.15, 0.2) is 5.75 Å². The van der Waals surface area contributed by atoms with Gasteiger partial charge in [0.25, 0.3) is 11.7 Å². The van der Waals surface area contributed by atoms with Crippen LogP contribution in [0.1, 0.15) is 89.2 Å². The molecule has 6 rings (SSSR count). The number of esters is 1. The minimum Gasteiger partial charge on any atom is -0.507 e. The zero-order chi connectivity index (χ0) is 44.9. The molecule has 0 spiro atoms. The average Bonchev–Trinajstić information content (AvgIpc) is 3.50. The summed E-state index contributed by atoms with van der Waals surface area (Å²) in [6.07, 6.45) is 7.96. The summed E-state index contributed by atoms with van der Waals surface area (Å²) in [6.45, 7) is 15.2. The lowest BCUT2D eigenvalue weighted by atomic mass is 9.78. The van der Waals surface area contributed by atoms with Gasteiger partial charge in [0.05, 0.1) is 53.0 Å². The third-order valence-electron chi connectivity index (χ3n) is 12.2. The highest BCUT2D eigenvalue weighted by atomic mass is 16.7. The maximum atomic E-state index is 14.4. The minimum atomic E-state index is -2.06. The molecule has 2 aromatic carbocycles. The number of hydrogen-bond acceptors (Lipinski definition) is 15. The molecule has 334 valence electrons. The highest BCUT2D eigenvalue weighted by Gasteiger charge is 2.50. The van der Waals surface area contributed by atoms with E-state index in [1.807, 2.05) is 0 Å². The van der Waals surface area contributed by atoms with E-state index in [1.54, 1.807) is 39.8 Å². The van der Waals surface area contributed by atoms with Crippen molar-refractivity contribution in [1.29, 1.82) is 0 Å². The van der Waals surface area contributed by atoms with Gasteiger partial charge in [0.2, 0.25) is 0 Å². The molecule has 0 radical (unpaired) electrons. The summed E-state index contributed by atoms with van der Waals surface area (Å²) in [5, 5.41) is 64.4. The molecule has 6 N–H and O–H groups in total. The zero-order valence-electron chi connectivity index (χ0n) is 36.4. The van der Waals surface area contributed by atoms with Crippen LogP contribution in [0.4, 0.5) is 5.69 Å². The Bertz CT molecular complexity index is 2090. The topological polar surface area (TPSA) is 226 Å². The molecule has 0 saturated carbocycles. The Morgan fingerprint density at radius 1 is 0.967 bits per heavy atom. The Hall–Kier alpha value is -5.16. The van der Waals surface area contributed by atoms with Gasteiger partial charge in [0.1, 0.15) is 30.0 Å². The number of ketones is 1. The van der Waals surface area contributed by atoms with Crippen molar-refractivity contribution in [2.24, 2.45) is 28.8 Å². The van der Waals surface area contributed by atoms with Gasteiger partial charge in [-0.2, -0.15) is 0 Å². The van der Waals surface area contributed by atoms with E-state index in [2.05, 4.69) is 15.4 Å². The van der Waals surface area contributed by atoms with Crippen LogP contribution in [0.25, 0.3) is 10.8 Å². The van der Waals surface area contributed by atoms with Gasteiger partial charge < -0.3 is 54.6 Å². The highest BCUT2D eigenvalue weighted by molar-refractivity contribution is 6.23. The van der Waals surface area contributed by atoms with Gasteiger partial charge in [-0.25, -0.2) is 0 Å². The minimum absolute atomic E-state index is 0.0408. The van der Waals surface area contributed by atoms with E-state index in [-0.39, 0.29) is 51.1 Å². The smallest absolute Gasteiger partial charge is 0.312 e. The number of fused-ring (bicyclic) bond motifs is 14. The number of phenolic OH excluding ortho intramolecular Hbond substituents is 3. The molecule has 16 nitrogen and oxygen atoms in total. The van der Waals surface area contributed by atoms with E-state index < -0.39 is 88.8 Å². The van der Waals surface area contributed by atoms with Crippen molar-refractivity contribution in [2.75, 3.05) is 38.7 Å². The second kappa shape index (κ2) is 19.7. The summed E-state index contributed by atoms with van der Waals surface area (Å²) in [4.78, 5) is 48.3. The first-order valence-electron chi connectivity index (χ1n) is 20.8. The number of methoxy groups -OCH3 is 1. The number of anilines is 1. The Kier molecular flexibility index (Phi) is 15.1. The Balaban J connectivity index is 1.65. The van der Waals surface area contributed by atoms with Gasteiger partial charge in [-0.1, -0.05) is 57.5 Å². The molecule has 0 aliphatic carbocycles. The van der Waals surface area contributed by atoms with Crippen molar-refractivity contribution < 1.29 is 63.7 Å². The number of piperidine rings is 1. The number of likely N-dealkylation sites (tertiary alicyclic amines) is 1. The molecule has 4 aliphatic rings. The number of oxime groups is 1. The Morgan fingerprint density at radius 3 is 2.31 bits per heavy atom. The van der Waals surface area contributed by atoms with E-state index in [1.165, 1.54) is 59.6 Å². The second-order valence-electron chi connectivity index (χ2n) is 16.6. The first-order chi connectivity index (χ1) is 28.8. The SMILES string of the molecule is COC1/C=C/OC2(C)Oc3c(C)c(O)c4c(O)c(c(/C=N/OCCN5CCCCC5)c(O)c4c3C2=O)NC(=O)/C(C)=C\C=C\C(C)C(O)C(C)C(O)C(C)C(OC(C)=O)C1C. The normalized spacial score (nSPS) is 31.3. The van der Waals surface area contributed by atoms with Crippen LogP contribution < -0.4 is 10.1 Å². The van der Waals surface area contributed by atoms with Gasteiger partial charge in [-0.05, 0) is 45.9 Å². The summed E-state index contributed by atoms with van der Waals surface area (Å²) in [5.74, 6) is -8.57. The van der Waals surface area contributed by atoms with Gasteiger partial charge in [-0.3, -0.25) is 19.3 Å². The lowest BCUT2D eigenvalue weighted by Gasteiger charge is -2.38. The number of carbonyl (C=O) groups is 3. The van der Waals surface area contributed by atoms with Crippen molar-refractivity contribution in [3.8, 4) is 23.0 Å². The highest BCUT2D eigenvalue weighted by Crippen LogP contribution is 2.55. The van der Waals surface area contributed by atoms with Crippen LogP contribution in [0.15, 0.2) is 41.3 Å². The van der Waals surface area contributed by atoms with E-state index in [4.69, 9.17) is 23.8 Å². The predicted molar refractivity (Wildman–Crippen MR) is 228 cm³/mol. The molecule has 4 heterocycles. The van der Waals surface area contributed by atoms with Crippen molar-refractivity contribution in [3.05, 3.63) is 52.8 Å². The summed E-state index contributed by atoms with van der Waals surface area (Å²) >= 11 is 0. The standard InChI is InChI=1S/C45H61N3O13/c1-23-14-13-15-24(2)44(56)47-35-30(22-46-59-21-19-48-17-11-10-12-18-48)39(53)32-33(40(35)54)38(52)28(6)42-34(32)43(55)45(8,61-42)58-20-16-31(57-9)25(3)41(60-29(7)49)27(5)37(51)26(4)36(23)50/h13-16,20,22-23,25-27,31,36-37,41,50-54H,10-12,17-19,21H2,1-9H3,(H,47,56)/b14-13+,20-16+,24-15-,46-22+. The molecule has 1 saturated heterocycles. The molecule has 16 heteroatoms. The number of amides is 1. The quantitative estimate of drug-likeness (QED) is 0.0499. The van der Waals surface area contributed by atoms with Crippen LogP contribution in [0.3, 0.4) is 0 Å². The molecule has 61 heavy (non-hydrogen) atoms. The fraction of sp³-hybridized carbons (Fsp3) is 0.556.